The molecule has 168 valence electrons. The minimum Gasteiger partial charge on any atom is -0.472 e. The van der Waals surface area contributed by atoms with Gasteiger partial charge in [0, 0.05) is 24.7 Å². The zero-order valence-electron chi connectivity index (χ0n) is 17.9. The Morgan fingerprint density at radius 2 is 2.06 bits per heavy atom. The molecule has 0 amide bonds. The number of hydrogen-bond acceptors (Lipinski definition) is 8. The molecule has 32 heavy (non-hydrogen) atoms. The minimum absolute atomic E-state index is 0.0171. The predicted octanol–water partition coefficient (Wildman–Crippen LogP) is 1.24. The number of rotatable bonds is 7. The van der Waals surface area contributed by atoms with Crippen LogP contribution in [0.2, 0.25) is 10.4 Å². The highest BCUT2D eigenvalue weighted by Gasteiger charge is 2.32. The van der Waals surface area contributed by atoms with Gasteiger partial charge in [-0.3, -0.25) is 19.5 Å². The van der Waals surface area contributed by atoms with E-state index >= 15 is 0 Å². The van der Waals surface area contributed by atoms with E-state index in [0.29, 0.717) is 36.4 Å². The standard InChI is InChI=1S/C17H21B2Cl2N7O4/c1-9-12(28(29)30)15(25-26(9)10-2-5-31-6-3-10)32-7-4-17(18,19)27-14-11(13(20)24-27)8-22-16(21)23-14/h8,10H,2-7,18-19H2,1H3. The summed E-state index contributed by atoms with van der Waals surface area (Å²) in [6, 6.07) is 0.0539. The van der Waals surface area contributed by atoms with Gasteiger partial charge >= 0.3 is 11.6 Å². The van der Waals surface area contributed by atoms with Crippen LogP contribution in [0.25, 0.3) is 11.0 Å². The van der Waals surface area contributed by atoms with Gasteiger partial charge in [0.15, 0.2) is 10.8 Å². The lowest BCUT2D eigenvalue weighted by atomic mass is 9.60. The molecule has 0 aromatic carbocycles. The number of nitro groups is 1. The normalized spacial score (nSPS) is 15.3. The fourth-order valence-corrected chi connectivity index (χ4v) is 4.19. The topological polar surface area (TPSA) is 123 Å². The molecule has 0 unspecified atom stereocenters. The molecular formula is C17H21B2Cl2N7O4. The highest BCUT2D eigenvalue weighted by molar-refractivity contribution is 6.38. The third-order valence-corrected chi connectivity index (χ3v) is 6.14. The number of ether oxygens (including phenoxy) is 2. The van der Waals surface area contributed by atoms with E-state index in [-0.39, 0.29) is 34.7 Å². The second kappa shape index (κ2) is 8.87. The summed E-state index contributed by atoms with van der Waals surface area (Å²) in [6.07, 6.45) is 3.49. The van der Waals surface area contributed by atoms with Gasteiger partial charge in [-0.05, 0) is 37.8 Å². The summed E-state index contributed by atoms with van der Waals surface area (Å²) >= 11 is 12.2. The molecular weight excluding hydrogens is 459 g/mol. The number of hydrogen-bond donors (Lipinski definition) is 0. The van der Waals surface area contributed by atoms with Crippen LogP contribution in [0.15, 0.2) is 6.20 Å². The summed E-state index contributed by atoms with van der Waals surface area (Å²) < 4.78 is 14.6. The summed E-state index contributed by atoms with van der Waals surface area (Å²) in [6.45, 7) is 3.08. The van der Waals surface area contributed by atoms with Crippen molar-refractivity contribution in [1.29, 1.82) is 0 Å². The largest absolute Gasteiger partial charge is 0.472 e. The lowest BCUT2D eigenvalue weighted by Gasteiger charge is -2.25. The van der Waals surface area contributed by atoms with Crippen molar-refractivity contribution in [2.45, 2.75) is 37.6 Å². The molecule has 1 aliphatic heterocycles. The van der Waals surface area contributed by atoms with Gasteiger partial charge < -0.3 is 9.47 Å². The van der Waals surface area contributed by atoms with E-state index in [4.69, 9.17) is 32.7 Å². The zero-order chi connectivity index (χ0) is 23.0. The molecule has 0 saturated carbocycles. The van der Waals surface area contributed by atoms with Crippen molar-refractivity contribution in [3.8, 4) is 5.88 Å². The van der Waals surface area contributed by atoms with Gasteiger partial charge in [0.1, 0.15) is 21.4 Å². The fraction of sp³-hybridized carbons (Fsp3) is 0.529. The zero-order valence-corrected chi connectivity index (χ0v) is 19.4. The maximum Gasteiger partial charge on any atom is 0.352 e. The molecule has 1 saturated heterocycles. The monoisotopic (exact) mass is 479 g/mol. The first-order valence-corrected chi connectivity index (χ1v) is 11.0. The molecule has 0 bridgehead atoms. The Morgan fingerprint density at radius 1 is 1.34 bits per heavy atom. The minimum atomic E-state index is -0.573. The second-order valence-corrected chi connectivity index (χ2v) is 8.97. The van der Waals surface area contributed by atoms with E-state index in [1.54, 1.807) is 16.3 Å². The van der Waals surface area contributed by atoms with Gasteiger partial charge in [-0.15, -0.1) is 5.10 Å². The number of fused-ring (bicyclic) bond motifs is 1. The van der Waals surface area contributed by atoms with Gasteiger partial charge in [0.2, 0.25) is 5.28 Å². The molecule has 0 N–H and O–H groups in total. The fourth-order valence-electron chi connectivity index (χ4n) is 3.85. The first-order valence-electron chi connectivity index (χ1n) is 10.2. The molecule has 3 aromatic rings. The van der Waals surface area contributed by atoms with Gasteiger partial charge in [0.25, 0.3) is 0 Å². The van der Waals surface area contributed by atoms with Crippen molar-refractivity contribution in [1.82, 2.24) is 29.5 Å². The Morgan fingerprint density at radius 3 is 2.75 bits per heavy atom. The first-order chi connectivity index (χ1) is 15.2. The van der Waals surface area contributed by atoms with E-state index < -0.39 is 10.3 Å². The van der Waals surface area contributed by atoms with Crippen molar-refractivity contribution in [2.24, 2.45) is 0 Å². The molecule has 0 aliphatic carbocycles. The summed E-state index contributed by atoms with van der Waals surface area (Å²) in [5.74, 6) is 0.0171. The predicted molar refractivity (Wildman–Crippen MR) is 123 cm³/mol. The Labute approximate surface area is 195 Å². The van der Waals surface area contributed by atoms with Crippen molar-refractivity contribution >= 4 is 55.6 Å². The summed E-state index contributed by atoms with van der Waals surface area (Å²) in [4.78, 5) is 19.4. The van der Waals surface area contributed by atoms with E-state index in [1.807, 2.05) is 15.7 Å². The smallest absolute Gasteiger partial charge is 0.352 e. The SMILES string of the molecule is BC(B)(CCOc1nn(C2CCOCC2)c(C)c1[N+](=O)[O-])n1nc(Cl)c2cnc(Cl)nc21. The average molecular weight is 480 g/mol. The molecule has 3 aromatic heterocycles. The molecule has 1 aliphatic rings. The highest BCUT2D eigenvalue weighted by atomic mass is 35.5. The highest BCUT2D eigenvalue weighted by Crippen LogP contribution is 2.34. The lowest BCUT2D eigenvalue weighted by Crippen LogP contribution is -2.37. The van der Waals surface area contributed by atoms with Crippen LogP contribution >= 0.6 is 23.2 Å². The third-order valence-electron chi connectivity index (χ3n) is 5.68. The molecule has 0 atom stereocenters. The van der Waals surface area contributed by atoms with E-state index in [0.717, 1.165) is 12.8 Å². The van der Waals surface area contributed by atoms with Crippen molar-refractivity contribution in [3.05, 3.63) is 32.4 Å². The first kappa shape index (κ1) is 22.8. The van der Waals surface area contributed by atoms with E-state index in [9.17, 15) is 10.1 Å². The maximum absolute atomic E-state index is 11.7. The van der Waals surface area contributed by atoms with E-state index in [2.05, 4.69) is 20.2 Å². The van der Waals surface area contributed by atoms with Crippen LogP contribution in [-0.4, -0.2) is 70.0 Å². The van der Waals surface area contributed by atoms with Gasteiger partial charge in [-0.2, -0.15) is 10.1 Å². The van der Waals surface area contributed by atoms with Crippen LogP contribution < -0.4 is 4.74 Å². The number of halogens is 2. The van der Waals surface area contributed by atoms with Crippen LogP contribution in [0.1, 0.15) is 31.0 Å². The van der Waals surface area contributed by atoms with Gasteiger partial charge in [-0.25, -0.2) is 4.98 Å². The molecule has 15 heteroatoms. The molecule has 11 nitrogen and oxygen atoms in total. The molecule has 4 rings (SSSR count). The Bertz CT molecular complexity index is 1160. The van der Waals surface area contributed by atoms with Crippen LogP contribution in [0, 0.1) is 17.0 Å². The Balaban J connectivity index is 1.54. The molecule has 0 radical (unpaired) electrons. The third kappa shape index (κ3) is 4.28. The van der Waals surface area contributed by atoms with Gasteiger partial charge in [0.05, 0.1) is 23.0 Å². The summed E-state index contributed by atoms with van der Waals surface area (Å²) in [5, 5.41) is 20.9. The van der Waals surface area contributed by atoms with Crippen LogP contribution in [0.3, 0.4) is 0 Å². The van der Waals surface area contributed by atoms with Crippen LogP contribution in [0.5, 0.6) is 5.88 Å². The quantitative estimate of drug-likeness (QED) is 0.214. The maximum atomic E-state index is 11.7. The second-order valence-electron chi connectivity index (χ2n) is 8.27. The van der Waals surface area contributed by atoms with Crippen molar-refractivity contribution < 1.29 is 14.4 Å². The van der Waals surface area contributed by atoms with Crippen molar-refractivity contribution in [2.75, 3.05) is 19.8 Å². The van der Waals surface area contributed by atoms with Crippen molar-refractivity contribution in [3.63, 3.8) is 0 Å². The van der Waals surface area contributed by atoms with Crippen LogP contribution in [0.4, 0.5) is 5.69 Å². The lowest BCUT2D eigenvalue weighted by molar-refractivity contribution is -0.386. The molecule has 1 fully saturated rings. The van der Waals surface area contributed by atoms with E-state index in [1.165, 1.54) is 6.20 Å². The Kier molecular flexibility index (Phi) is 6.33. The summed E-state index contributed by atoms with van der Waals surface area (Å²) in [5.41, 5.74) is 0.874. The molecule has 4 heterocycles. The average Bonchev–Trinajstić information content (AvgIpc) is 3.25. The summed E-state index contributed by atoms with van der Waals surface area (Å²) in [7, 11) is 3.88. The molecule has 0 spiro atoms. The Hall–Kier alpha value is -2.37. The van der Waals surface area contributed by atoms with Crippen LogP contribution in [-0.2, 0) is 10.1 Å². The number of nitrogens with zero attached hydrogens (tertiary/aromatic N) is 7. The number of aromatic nitrogens is 6. The van der Waals surface area contributed by atoms with Gasteiger partial charge in [-0.1, -0.05) is 11.6 Å².